The van der Waals surface area contributed by atoms with Gasteiger partial charge in [-0.2, -0.15) is 0 Å². The highest BCUT2D eigenvalue weighted by atomic mass is 16.3. The topological polar surface area (TPSA) is 18.1 Å². The third kappa shape index (κ3) is 1.95. The van der Waals surface area contributed by atoms with E-state index in [0.29, 0.717) is 0 Å². The number of benzene rings is 4. The Morgan fingerprint density at radius 1 is 0.593 bits per heavy atom. The summed E-state index contributed by atoms with van der Waals surface area (Å²) < 4.78 is 8.40. The number of hydrogen-bond donors (Lipinski definition) is 0. The van der Waals surface area contributed by atoms with Crippen LogP contribution < -0.4 is 0 Å². The molecule has 128 valence electrons. The second kappa shape index (κ2) is 5.24. The molecule has 6 aromatic rings. The van der Waals surface area contributed by atoms with Gasteiger partial charge < -0.3 is 8.98 Å². The van der Waals surface area contributed by atoms with E-state index in [1.54, 1.807) is 0 Å². The first-order valence-electron chi connectivity index (χ1n) is 9.19. The van der Waals surface area contributed by atoms with Crippen LogP contribution in [0, 0.1) is 0 Å². The molecule has 0 aliphatic heterocycles. The summed E-state index contributed by atoms with van der Waals surface area (Å²) in [5.41, 5.74) is 6.83. The number of nitrogens with zero attached hydrogens (tertiary/aromatic N) is 1. The Bertz CT molecular complexity index is 1470. The molecule has 0 amide bonds. The number of aromatic nitrogens is 1. The molecule has 4 aromatic carbocycles. The Morgan fingerprint density at radius 2 is 1.37 bits per heavy atom. The van der Waals surface area contributed by atoms with Gasteiger partial charge in [-0.05, 0) is 41.5 Å². The van der Waals surface area contributed by atoms with Gasteiger partial charge in [-0.25, -0.2) is 0 Å². The fourth-order valence-electron chi connectivity index (χ4n) is 4.33. The maximum Gasteiger partial charge on any atom is 0.136 e. The SMILES string of the molecule is Cn1c2ccc(-c3ccccc3)cc2c2c3c(ccc21)oc1ccccc13. The van der Waals surface area contributed by atoms with Gasteiger partial charge in [-0.1, -0.05) is 54.6 Å². The van der Waals surface area contributed by atoms with E-state index < -0.39 is 0 Å². The van der Waals surface area contributed by atoms with Crippen LogP contribution in [0.15, 0.2) is 89.3 Å². The number of hydrogen-bond acceptors (Lipinski definition) is 1. The summed E-state index contributed by atoms with van der Waals surface area (Å²) in [7, 11) is 2.14. The normalized spacial score (nSPS) is 11.9. The van der Waals surface area contributed by atoms with E-state index in [-0.39, 0.29) is 0 Å². The van der Waals surface area contributed by atoms with Crippen molar-refractivity contribution < 1.29 is 4.42 Å². The van der Waals surface area contributed by atoms with Gasteiger partial charge in [-0.3, -0.25) is 0 Å². The molecule has 0 N–H and O–H groups in total. The summed E-state index contributed by atoms with van der Waals surface area (Å²) >= 11 is 0. The van der Waals surface area contributed by atoms with E-state index >= 15 is 0 Å². The molecule has 0 bridgehead atoms. The molecule has 0 spiro atoms. The minimum Gasteiger partial charge on any atom is -0.456 e. The van der Waals surface area contributed by atoms with E-state index in [2.05, 4.69) is 84.4 Å². The molecule has 6 rings (SSSR count). The lowest BCUT2D eigenvalue weighted by Crippen LogP contribution is -1.86. The van der Waals surface area contributed by atoms with Crippen molar-refractivity contribution in [2.75, 3.05) is 0 Å². The van der Waals surface area contributed by atoms with Crippen LogP contribution in [0.4, 0.5) is 0 Å². The van der Waals surface area contributed by atoms with Crippen molar-refractivity contribution in [3.05, 3.63) is 84.9 Å². The lowest BCUT2D eigenvalue weighted by atomic mass is 10.0. The van der Waals surface area contributed by atoms with Gasteiger partial charge in [0.2, 0.25) is 0 Å². The Hall–Kier alpha value is -3.52. The number of rotatable bonds is 1. The standard InChI is InChI=1S/C25H17NO/c1-26-20-12-11-17(16-7-3-2-4-8-16)15-19(20)24-21(26)13-14-23-25(24)18-9-5-6-10-22(18)27-23/h2-15H,1H3. The molecule has 0 saturated carbocycles. The lowest BCUT2D eigenvalue weighted by molar-refractivity contribution is 0.669. The molecule has 27 heavy (non-hydrogen) atoms. The predicted molar refractivity (Wildman–Crippen MR) is 113 cm³/mol. The molecule has 0 atom stereocenters. The van der Waals surface area contributed by atoms with Crippen molar-refractivity contribution in [1.82, 2.24) is 4.57 Å². The quantitative estimate of drug-likeness (QED) is 0.316. The minimum atomic E-state index is 0.941. The minimum absolute atomic E-state index is 0.941. The van der Waals surface area contributed by atoms with Crippen LogP contribution >= 0.6 is 0 Å². The summed E-state index contributed by atoms with van der Waals surface area (Å²) in [5.74, 6) is 0. The molecule has 2 nitrogen and oxygen atoms in total. The van der Waals surface area contributed by atoms with E-state index in [1.165, 1.54) is 43.7 Å². The van der Waals surface area contributed by atoms with Crippen molar-refractivity contribution in [2.24, 2.45) is 7.05 Å². The first-order valence-corrected chi connectivity index (χ1v) is 9.19. The fourth-order valence-corrected chi connectivity index (χ4v) is 4.33. The van der Waals surface area contributed by atoms with Crippen molar-refractivity contribution in [1.29, 1.82) is 0 Å². The van der Waals surface area contributed by atoms with Crippen LogP contribution in [0.2, 0.25) is 0 Å². The highest BCUT2D eigenvalue weighted by Crippen LogP contribution is 2.40. The molecular weight excluding hydrogens is 330 g/mol. The van der Waals surface area contributed by atoms with Gasteiger partial charge in [0.1, 0.15) is 11.2 Å². The van der Waals surface area contributed by atoms with E-state index in [1.807, 2.05) is 12.1 Å². The largest absolute Gasteiger partial charge is 0.456 e. The Morgan fingerprint density at radius 3 is 2.26 bits per heavy atom. The average molecular weight is 347 g/mol. The van der Waals surface area contributed by atoms with Crippen molar-refractivity contribution in [3.63, 3.8) is 0 Å². The lowest BCUT2D eigenvalue weighted by Gasteiger charge is -2.03. The number of fused-ring (bicyclic) bond motifs is 7. The monoisotopic (exact) mass is 347 g/mol. The van der Waals surface area contributed by atoms with Crippen LogP contribution in [0.3, 0.4) is 0 Å². The maximum atomic E-state index is 6.12. The molecule has 2 aromatic heterocycles. The van der Waals surface area contributed by atoms with Crippen molar-refractivity contribution in [2.45, 2.75) is 0 Å². The van der Waals surface area contributed by atoms with Gasteiger partial charge >= 0.3 is 0 Å². The fraction of sp³-hybridized carbons (Fsp3) is 0.0400. The first-order chi connectivity index (χ1) is 13.3. The van der Waals surface area contributed by atoms with Crippen molar-refractivity contribution in [3.8, 4) is 11.1 Å². The first kappa shape index (κ1) is 14.6. The number of aryl methyl sites for hydroxylation is 1. The summed E-state index contributed by atoms with van der Waals surface area (Å²) in [5, 5.41) is 4.92. The zero-order valence-corrected chi connectivity index (χ0v) is 14.9. The molecule has 0 aliphatic carbocycles. The summed E-state index contributed by atoms with van der Waals surface area (Å²) in [6.07, 6.45) is 0. The van der Waals surface area contributed by atoms with Crippen LogP contribution in [-0.4, -0.2) is 4.57 Å². The third-order valence-electron chi connectivity index (χ3n) is 5.62. The van der Waals surface area contributed by atoms with Crippen LogP contribution in [0.25, 0.3) is 54.9 Å². The summed E-state index contributed by atoms with van der Waals surface area (Å²) in [4.78, 5) is 0. The second-order valence-electron chi connectivity index (χ2n) is 7.09. The maximum absolute atomic E-state index is 6.12. The number of para-hydroxylation sites is 1. The average Bonchev–Trinajstić information content (AvgIpc) is 3.24. The van der Waals surface area contributed by atoms with E-state index in [0.717, 1.165) is 11.2 Å². The Balaban J connectivity index is 1.82. The summed E-state index contributed by atoms with van der Waals surface area (Å²) in [6, 6.07) is 29.9. The smallest absolute Gasteiger partial charge is 0.136 e. The molecule has 2 heterocycles. The van der Waals surface area contributed by atoms with Gasteiger partial charge in [0.15, 0.2) is 0 Å². The van der Waals surface area contributed by atoms with Gasteiger partial charge in [0.25, 0.3) is 0 Å². The molecule has 0 aliphatic rings. The predicted octanol–water partition coefficient (Wildman–Crippen LogP) is 6.90. The van der Waals surface area contributed by atoms with Gasteiger partial charge in [0, 0.05) is 39.6 Å². The third-order valence-corrected chi connectivity index (χ3v) is 5.62. The Kier molecular flexibility index (Phi) is 2.84. The highest BCUT2D eigenvalue weighted by Gasteiger charge is 2.16. The van der Waals surface area contributed by atoms with Crippen LogP contribution in [0.5, 0.6) is 0 Å². The molecular formula is C25H17NO. The molecule has 0 unspecified atom stereocenters. The van der Waals surface area contributed by atoms with E-state index in [9.17, 15) is 0 Å². The zero-order valence-electron chi connectivity index (χ0n) is 14.9. The molecule has 0 radical (unpaired) electrons. The Labute approximate surface area is 156 Å². The zero-order chi connectivity index (χ0) is 18.0. The van der Waals surface area contributed by atoms with E-state index in [4.69, 9.17) is 4.42 Å². The van der Waals surface area contributed by atoms with Crippen LogP contribution in [-0.2, 0) is 7.05 Å². The van der Waals surface area contributed by atoms with Crippen molar-refractivity contribution >= 4 is 43.7 Å². The second-order valence-corrected chi connectivity index (χ2v) is 7.09. The molecule has 0 saturated heterocycles. The van der Waals surface area contributed by atoms with Gasteiger partial charge in [0.05, 0.1) is 0 Å². The van der Waals surface area contributed by atoms with Gasteiger partial charge in [-0.15, -0.1) is 0 Å². The summed E-state index contributed by atoms with van der Waals surface area (Å²) in [6.45, 7) is 0. The van der Waals surface area contributed by atoms with Crippen LogP contribution in [0.1, 0.15) is 0 Å². The molecule has 0 fully saturated rings. The molecule has 2 heteroatoms. The highest BCUT2D eigenvalue weighted by molar-refractivity contribution is 6.27. The number of furan rings is 1.